The summed E-state index contributed by atoms with van der Waals surface area (Å²) in [5.41, 5.74) is 1.35. The number of alkyl halides is 3. The minimum atomic E-state index is -4.68. The Hall–Kier alpha value is -3.08. The molecule has 0 aromatic heterocycles. The van der Waals surface area contributed by atoms with E-state index in [1.165, 1.54) is 22.5 Å². The molecule has 1 saturated heterocycles. The number of sulfonamides is 1. The monoisotopic (exact) mass is 565 g/mol. The van der Waals surface area contributed by atoms with Crippen molar-refractivity contribution >= 4 is 44.6 Å². The first-order valence-electron chi connectivity index (χ1n) is 11.9. The highest BCUT2D eigenvalue weighted by atomic mass is 35.5. The molecule has 11 heteroatoms. The fourth-order valence-electron chi connectivity index (χ4n) is 4.99. The third-order valence-electron chi connectivity index (χ3n) is 6.79. The van der Waals surface area contributed by atoms with Gasteiger partial charge in [-0.05, 0) is 60.5 Å². The Morgan fingerprint density at radius 3 is 2.58 bits per heavy atom. The molecule has 0 amide bonds. The van der Waals surface area contributed by atoms with Crippen LogP contribution in [0.15, 0.2) is 65.6 Å². The third-order valence-corrected chi connectivity index (χ3v) is 8.88. The molecule has 2 heterocycles. The molecule has 1 fully saturated rings. The van der Waals surface area contributed by atoms with E-state index in [0.29, 0.717) is 48.2 Å². The van der Waals surface area contributed by atoms with Crippen molar-refractivity contribution in [3.8, 4) is 0 Å². The zero-order valence-corrected chi connectivity index (χ0v) is 21.8. The molecule has 2 aliphatic heterocycles. The second-order valence-electron chi connectivity index (χ2n) is 9.29. The molecule has 0 radical (unpaired) electrons. The van der Waals surface area contributed by atoms with Crippen LogP contribution >= 0.6 is 11.6 Å². The standard InChI is InChI=1S/C27H24ClF4N3O2S/c1-17(26-22(28)6-3-7-23(26)29)12-18-8-9-24-25(13-18)35(16-20-15-33-10-11-34(20)24)38(36,37)21-5-2-4-19(14-21)27(30,31)32/h2-9,12-14,20,33H,10-11,15-16H2,1H3/b17-12+/t20-/m0/s1. The van der Waals surface area contributed by atoms with Crippen LogP contribution in [0.2, 0.25) is 5.02 Å². The van der Waals surface area contributed by atoms with Crippen LogP contribution < -0.4 is 14.5 Å². The normalized spacial score (nSPS) is 18.3. The van der Waals surface area contributed by atoms with E-state index >= 15 is 0 Å². The van der Waals surface area contributed by atoms with Gasteiger partial charge < -0.3 is 10.2 Å². The molecule has 38 heavy (non-hydrogen) atoms. The maximum absolute atomic E-state index is 14.5. The predicted octanol–water partition coefficient (Wildman–Crippen LogP) is 6.05. The van der Waals surface area contributed by atoms with Gasteiger partial charge in [-0.25, -0.2) is 12.8 Å². The number of nitrogens with zero attached hydrogens (tertiary/aromatic N) is 2. The van der Waals surface area contributed by atoms with E-state index in [1.807, 2.05) is 0 Å². The van der Waals surface area contributed by atoms with E-state index in [0.717, 1.165) is 12.1 Å². The van der Waals surface area contributed by atoms with Gasteiger partial charge in [-0.3, -0.25) is 4.31 Å². The molecule has 1 atom stereocenters. The van der Waals surface area contributed by atoms with Crippen molar-refractivity contribution in [2.24, 2.45) is 0 Å². The number of piperazine rings is 1. The van der Waals surface area contributed by atoms with E-state index in [1.54, 1.807) is 37.3 Å². The van der Waals surface area contributed by atoms with Crippen LogP contribution in [0.25, 0.3) is 11.6 Å². The molecule has 1 N–H and O–H groups in total. The van der Waals surface area contributed by atoms with Crippen LogP contribution in [0.3, 0.4) is 0 Å². The lowest BCUT2D eigenvalue weighted by Crippen LogP contribution is -2.59. The number of rotatable bonds is 4. The van der Waals surface area contributed by atoms with E-state index < -0.39 is 32.5 Å². The summed E-state index contributed by atoms with van der Waals surface area (Å²) in [6.45, 7) is 3.65. The Kier molecular flexibility index (Phi) is 6.91. The van der Waals surface area contributed by atoms with Crippen LogP contribution in [0, 0.1) is 5.82 Å². The summed E-state index contributed by atoms with van der Waals surface area (Å²) in [6, 6.07) is 13.2. The van der Waals surface area contributed by atoms with Crippen LogP contribution in [0.4, 0.5) is 28.9 Å². The summed E-state index contributed by atoms with van der Waals surface area (Å²) in [6.07, 6.45) is -2.98. The summed E-state index contributed by atoms with van der Waals surface area (Å²) in [7, 11) is -4.34. The zero-order valence-electron chi connectivity index (χ0n) is 20.3. The van der Waals surface area contributed by atoms with Gasteiger partial charge in [0.05, 0.1) is 39.4 Å². The van der Waals surface area contributed by atoms with E-state index in [4.69, 9.17) is 11.6 Å². The number of nitrogens with one attached hydrogen (secondary N) is 1. The summed E-state index contributed by atoms with van der Waals surface area (Å²) in [4.78, 5) is 1.67. The zero-order chi connectivity index (χ0) is 27.2. The number of hydrogen-bond donors (Lipinski definition) is 1. The van der Waals surface area contributed by atoms with E-state index in [9.17, 15) is 26.0 Å². The summed E-state index contributed by atoms with van der Waals surface area (Å²) in [5, 5.41) is 3.50. The highest BCUT2D eigenvalue weighted by Gasteiger charge is 2.39. The average Bonchev–Trinajstić information content (AvgIpc) is 2.87. The lowest BCUT2D eigenvalue weighted by atomic mass is 10.0. The molecular formula is C27H24ClF4N3O2S. The average molecular weight is 566 g/mol. The molecule has 0 aliphatic carbocycles. The van der Waals surface area contributed by atoms with Gasteiger partial charge in [0.1, 0.15) is 5.82 Å². The fraction of sp³-hybridized carbons (Fsp3) is 0.259. The molecule has 0 bridgehead atoms. The number of allylic oxidation sites excluding steroid dienone is 1. The first-order chi connectivity index (χ1) is 18.0. The highest BCUT2D eigenvalue weighted by Crippen LogP contribution is 2.41. The number of hydrogen-bond acceptors (Lipinski definition) is 4. The van der Waals surface area contributed by atoms with Crippen LogP contribution in [0.1, 0.15) is 23.6 Å². The van der Waals surface area contributed by atoms with Gasteiger partial charge in [0.25, 0.3) is 10.0 Å². The quantitative estimate of drug-likeness (QED) is 0.309. The van der Waals surface area contributed by atoms with Crippen molar-refractivity contribution in [3.63, 3.8) is 0 Å². The maximum atomic E-state index is 14.5. The van der Waals surface area contributed by atoms with Crippen molar-refractivity contribution in [1.29, 1.82) is 0 Å². The summed E-state index contributed by atoms with van der Waals surface area (Å²) in [5.74, 6) is -0.485. The molecule has 200 valence electrons. The van der Waals surface area contributed by atoms with Crippen molar-refractivity contribution < 1.29 is 26.0 Å². The lowest BCUT2D eigenvalue weighted by molar-refractivity contribution is -0.137. The lowest BCUT2D eigenvalue weighted by Gasteiger charge is -2.46. The largest absolute Gasteiger partial charge is 0.416 e. The predicted molar refractivity (Wildman–Crippen MR) is 141 cm³/mol. The summed E-state index contributed by atoms with van der Waals surface area (Å²) < 4.78 is 83.3. The van der Waals surface area contributed by atoms with Crippen molar-refractivity contribution in [2.75, 3.05) is 35.4 Å². The van der Waals surface area contributed by atoms with Crippen LogP contribution in [-0.4, -0.2) is 40.6 Å². The van der Waals surface area contributed by atoms with Crippen molar-refractivity contribution in [3.05, 3.63) is 88.2 Å². The molecule has 0 saturated carbocycles. The Balaban J connectivity index is 1.62. The molecule has 5 rings (SSSR count). The fourth-order valence-corrected chi connectivity index (χ4v) is 6.85. The van der Waals surface area contributed by atoms with Gasteiger partial charge in [0, 0.05) is 25.2 Å². The van der Waals surface area contributed by atoms with Crippen LogP contribution in [0.5, 0.6) is 0 Å². The SMILES string of the molecule is C/C(=C\c1ccc2c(c1)N(S(=O)(=O)c1cccc(C(F)(F)F)c1)C[C@@H]1CNCCN21)c1c(F)cccc1Cl. The number of anilines is 2. The molecule has 3 aromatic carbocycles. The summed E-state index contributed by atoms with van der Waals surface area (Å²) >= 11 is 6.22. The molecule has 5 nitrogen and oxygen atoms in total. The smallest absolute Gasteiger partial charge is 0.362 e. The topological polar surface area (TPSA) is 52.7 Å². The van der Waals surface area contributed by atoms with E-state index in [-0.39, 0.29) is 23.2 Å². The van der Waals surface area contributed by atoms with E-state index in [2.05, 4.69) is 10.2 Å². The molecule has 3 aromatic rings. The number of halogens is 5. The molecule has 0 spiro atoms. The second-order valence-corrected chi connectivity index (χ2v) is 11.6. The van der Waals surface area contributed by atoms with Gasteiger partial charge in [0.2, 0.25) is 0 Å². The molecule has 2 aliphatic rings. The Labute approximate surface area is 223 Å². The second kappa shape index (κ2) is 9.91. The first kappa shape index (κ1) is 26.5. The van der Waals surface area contributed by atoms with Gasteiger partial charge in [-0.2, -0.15) is 13.2 Å². The maximum Gasteiger partial charge on any atom is 0.416 e. The minimum absolute atomic E-state index is 0.0594. The van der Waals surface area contributed by atoms with Gasteiger partial charge in [-0.1, -0.05) is 35.9 Å². The van der Waals surface area contributed by atoms with Crippen molar-refractivity contribution in [1.82, 2.24) is 5.32 Å². The van der Waals surface area contributed by atoms with Gasteiger partial charge in [-0.15, -0.1) is 0 Å². The van der Waals surface area contributed by atoms with Gasteiger partial charge >= 0.3 is 6.18 Å². The highest BCUT2D eigenvalue weighted by molar-refractivity contribution is 7.92. The van der Waals surface area contributed by atoms with Crippen LogP contribution in [-0.2, 0) is 16.2 Å². The third kappa shape index (κ3) is 4.88. The Morgan fingerprint density at radius 2 is 1.84 bits per heavy atom. The van der Waals surface area contributed by atoms with Gasteiger partial charge in [0.15, 0.2) is 0 Å². The Bertz CT molecular complexity index is 1500. The number of benzene rings is 3. The Morgan fingerprint density at radius 1 is 1.08 bits per heavy atom. The number of fused-ring (bicyclic) bond motifs is 3. The first-order valence-corrected chi connectivity index (χ1v) is 13.7. The molecular weight excluding hydrogens is 542 g/mol. The van der Waals surface area contributed by atoms with Crippen molar-refractivity contribution in [2.45, 2.75) is 24.0 Å². The molecule has 0 unspecified atom stereocenters. The minimum Gasteiger partial charge on any atom is -0.362 e.